The summed E-state index contributed by atoms with van der Waals surface area (Å²) >= 11 is 0. The summed E-state index contributed by atoms with van der Waals surface area (Å²) in [5.41, 5.74) is 0.772. The number of quaternary nitrogens is 1. The van der Waals surface area contributed by atoms with Gasteiger partial charge in [0.2, 0.25) is 17.4 Å². The Morgan fingerprint density at radius 1 is 1.00 bits per heavy atom. The molecule has 1 saturated heterocycles. The standard InChI is InChI=1S/C26H26F2N4O3.C2HF3O2/c27-21-10-9-17(15-32-25-19(23(33)14-29-32)7-4-8-22(25)28)13-20(21)26(35)30-11-12-31(24(34)16-30)18-5-2-1-3-6-18;3-2(4,5)1(6)7/h4,7-10,13-14,18H,1-3,5-6,11-12,15-16H2;(H,6,7). The predicted octanol–water partition coefficient (Wildman–Crippen LogP) is 1.78. The van der Waals surface area contributed by atoms with E-state index in [1.54, 1.807) is 0 Å². The Labute approximate surface area is 237 Å². The number of carboxylic acid groups (broad SMARTS) is 1. The number of piperazine rings is 1. The predicted molar refractivity (Wildman–Crippen MR) is 136 cm³/mol. The number of rotatable bonds is 4. The topological polar surface area (TPSA) is 115 Å². The van der Waals surface area contributed by atoms with Gasteiger partial charge in [-0.3, -0.25) is 14.4 Å². The molecule has 1 saturated carbocycles. The lowest BCUT2D eigenvalue weighted by atomic mass is 9.93. The fraction of sp³-hybridized carbons (Fsp3) is 0.393. The molecule has 1 unspecified atom stereocenters. The molecule has 9 nitrogen and oxygen atoms in total. The molecule has 2 fully saturated rings. The second-order valence-corrected chi connectivity index (χ2v) is 10.1. The number of halogens is 5. The maximum Gasteiger partial charge on any atom is 0.430 e. The van der Waals surface area contributed by atoms with Crippen molar-refractivity contribution in [1.82, 2.24) is 9.80 Å². The van der Waals surface area contributed by atoms with Crippen LogP contribution in [0.25, 0.3) is 0 Å². The number of hydrogen-bond donors (Lipinski definition) is 1. The average Bonchev–Trinajstić information content (AvgIpc) is 2.95. The molecule has 224 valence electrons. The Bertz CT molecular complexity index is 1410. The van der Waals surface area contributed by atoms with Gasteiger partial charge >= 0.3 is 6.18 Å². The van der Waals surface area contributed by atoms with Gasteiger partial charge in [-0.05, 0) is 37.1 Å². The SMILES string of the molecule is O=C([O-])C(F)(F)F.O=C1C=N[NH+](Cc2ccc(F)c(C(=O)N3CCN(C4CCCCC4)C(=O)C3)c2)c2c(F)cccc21. The summed E-state index contributed by atoms with van der Waals surface area (Å²) in [6, 6.07) is 8.63. The highest BCUT2D eigenvalue weighted by Crippen LogP contribution is 2.25. The van der Waals surface area contributed by atoms with Crippen LogP contribution in [-0.2, 0) is 16.1 Å². The minimum absolute atomic E-state index is 0.0681. The fourth-order valence-electron chi connectivity index (χ4n) is 5.28. The molecular formula is C28H27F5N4O5. The maximum absolute atomic E-state index is 14.7. The minimum Gasteiger partial charge on any atom is -0.542 e. The van der Waals surface area contributed by atoms with Gasteiger partial charge in [-0.1, -0.05) is 36.5 Å². The van der Waals surface area contributed by atoms with Crippen molar-refractivity contribution in [2.75, 3.05) is 19.6 Å². The number of amides is 2. The molecule has 1 aliphatic carbocycles. The van der Waals surface area contributed by atoms with Crippen LogP contribution in [0.2, 0.25) is 0 Å². The van der Waals surface area contributed by atoms with Gasteiger partial charge in [-0.2, -0.15) is 18.2 Å². The number of carbonyl (C=O) groups excluding carboxylic acids is 4. The van der Waals surface area contributed by atoms with E-state index in [0.717, 1.165) is 31.9 Å². The molecule has 14 heteroatoms. The number of para-hydroxylation sites is 1. The average molecular weight is 595 g/mol. The van der Waals surface area contributed by atoms with Crippen LogP contribution in [-0.4, -0.2) is 71.4 Å². The van der Waals surface area contributed by atoms with Crippen LogP contribution in [0, 0.1) is 11.6 Å². The van der Waals surface area contributed by atoms with E-state index in [-0.39, 0.29) is 47.6 Å². The van der Waals surface area contributed by atoms with Crippen LogP contribution in [0.5, 0.6) is 0 Å². The molecule has 42 heavy (non-hydrogen) atoms. The summed E-state index contributed by atoms with van der Waals surface area (Å²) in [6.07, 6.45) is 1.35. The molecule has 1 atom stereocenters. The number of carbonyl (C=O) groups is 4. The van der Waals surface area contributed by atoms with Crippen molar-refractivity contribution in [3.63, 3.8) is 0 Å². The summed E-state index contributed by atoms with van der Waals surface area (Å²) in [6.45, 7) is 0.856. The molecule has 0 bridgehead atoms. The Morgan fingerprint density at radius 3 is 2.33 bits per heavy atom. The summed E-state index contributed by atoms with van der Waals surface area (Å²) in [5, 5.41) is 13.2. The van der Waals surface area contributed by atoms with Crippen LogP contribution < -0.4 is 10.1 Å². The van der Waals surface area contributed by atoms with E-state index in [0.29, 0.717) is 23.7 Å². The number of aliphatic carboxylic acids is 1. The van der Waals surface area contributed by atoms with Gasteiger partial charge in [0.1, 0.15) is 31.1 Å². The molecule has 0 spiro atoms. The Morgan fingerprint density at radius 2 is 1.69 bits per heavy atom. The van der Waals surface area contributed by atoms with Crippen LogP contribution in [0.4, 0.5) is 27.6 Å². The van der Waals surface area contributed by atoms with Crippen molar-refractivity contribution in [1.29, 1.82) is 0 Å². The van der Waals surface area contributed by atoms with Gasteiger partial charge in [-0.25, -0.2) is 8.78 Å². The van der Waals surface area contributed by atoms with Crippen molar-refractivity contribution < 1.29 is 51.2 Å². The third-order valence-electron chi connectivity index (χ3n) is 7.33. The molecule has 0 aromatic heterocycles. The number of benzene rings is 2. The van der Waals surface area contributed by atoms with Gasteiger partial charge in [0.25, 0.3) is 5.91 Å². The maximum atomic E-state index is 14.7. The molecular weight excluding hydrogens is 567 g/mol. The molecule has 2 aromatic rings. The van der Waals surface area contributed by atoms with Gasteiger partial charge in [0.05, 0.1) is 11.1 Å². The monoisotopic (exact) mass is 594 g/mol. The zero-order valence-electron chi connectivity index (χ0n) is 22.3. The lowest BCUT2D eigenvalue weighted by Gasteiger charge is -2.40. The highest BCUT2D eigenvalue weighted by molar-refractivity contribution is 6.36. The van der Waals surface area contributed by atoms with Gasteiger partial charge < -0.3 is 19.7 Å². The van der Waals surface area contributed by atoms with Gasteiger partial charge in [0.15, 0.2) is 5.82 Å². The third-order valence-corrected chi connectivity index (χ3v) is 7.33. The molecule has 2 heterocycles. The zero-order chi connectivity index (χ0) is 30.6. The van der Waals surface area contributed by atoms with Crippen LogP contribution in [0.3, 0.4) is 0 Å². The molecule has 1 N–H and O–H groups in total. The Balaban J connectivity index is 0.000000517. The molecule has 2 aliphatic heterocycles. The van der Waals surface area contributed by atoms with Crippen molar-refractivity contribution >= 4 is 35.5 Å². The molecule has 5 rings (SSSR count). The lowest BCUT2D eigenvalue weighted by Crippen LogP contribution is -3.02. The number of fused-ring (bicyclic) bond motifs is 1. The first kappa shape index (κ1) is 30.8. The van der Waals surface area contributed by atoms with Crippen molar-refractivity contribution in [2.24, 2.45) is 5.10 Å². The number of hydrogen-bond acceptors (Lipinski definition) is 6. The quantitative estimate of drug-likeness (QED) is 0.543. The Hall–Kier alpha value is -4.20. The van der Waals surface area contributed by atoms with Crippen LogP contribution in [0.15, 0.2) is 41.5 Å². The molecule has 0 radical (unpaired) electrons. The lowest BCUT2D eigenvalue weighted by molar-refractivity contribution is -0.855. The first-order valence-electron chi connectivity index (χ1n) is 13.2. The number of nitrogens with zero attached hydrogens (tertiary/aromatic N) is 3. The molecule has 2 amide bonds. The zero-order valence-corrected chi connectivity index (χ0v) is 22.3. The van der Waals surface area contributed by atoms with E-state index >= 15 is 0 Å². The summed E-state index contributed by atoms with van der Waals surface area (Å²) in [5.74, 6) is -5.27. The number of ketones is 1. The van der Waals surface area contributed by atoms with E-state index in [4.69, 9.17) is 9.90 Å². The van der Waals surface area contributed by atoms with E-state index in [1.807, 2.05) is 4.90 Å². The fourth-order valence-corrected chi connectivity index (χ4v) is 5.28. The largest absolute Gasteiger partial charge is 0.542 e. The van der Waals surface area contributed by atoms with Gasteiger partial charge in [0, 0.05) is 24.7 Å². The molecule has 2 aromatic carbocycles. The van der Waals surface area contributed by atoms with Crippen molar-refractivity contribution in [3.8, 4) is 0 Å². The third kappa shape index (κ3) is 6.98. The number of alkyl halides is 3. The van der Waals surface area contributed by atoms with Crippen LogP contribution in [0.1, 0.15) is 58.4 Å². The van der Waals surface area contributed by atoms with E-state index in [1.165, 1.54) is 47.7 Å². The second-order valence-electron chi connectivity index (χ2n) is 10.1. The first-order valence-corrected chi connectivity index (χ1v) is 13.2. The normalized spacial score (nSPS) is 19.2. The minimum atomic E-state index is -5.19. The first-order chi connectivity index (χ1) is 19.9. The highest BCUT2D eigenvalue weighted by atomic mass is 19.4. The summed E-state index contributed by atoms with van der Waals surface area (Å²) in [7, 11) is 0. The van der Waals surface area contributed by atoms with Gasteiger partial charge in [-0.15, -0.1) is 0 Å². The number of nitrogens with one attached hydrogen (secondary N) is 1. The van der Waals surface area contributed by atoms with E-state index in [2.05, 4.69) is 5.10 Å². The highest BCUT2D eigenvalue weighted by Gasteiger charge is 2.34. The Kier molecular flexibility index (Phi) is 9.34. The van der Waals surface area contributed by atoms with Crippen molar-refractivity contribution in [3.05, 3.63) is 64.7 Å². The summed E-state index contributed by atoms with van der Waals surface area (Å²) in [4.78, 5) is 50.1. The summed E-state index contributed by atoms with van der Waals surface area (Å²) < 4.78 is 60.7. The van der Waals surface area contributed by atoms with E-state index in [9.17, 15) is 36.3 Å². The van der Waals surface area contributed by atoms with Crippen molar-refractivity contribution in [2.45, 2.75) is 50.9 Å². The van der Waals surface area contributed by atoms with E-state index < -0.39 is 29.7 Å². The molecule has 3 aliphatic rings. The smallest absolute Gasteiger partial charge is 0.430 e. The second kappa shape index (κ2) is 12.8. The number of Topliss-reactive ketones (excluding diaryl/α,β-unsaturated/α-hetero) is 1. The number of carboxylic acids is 1. The van der Waals surface area contributed by atoms with Crippen LogP contribution >= 0.6 is 0 Å².